The first-order valence-electron chi connectivity index (χ1n) is 13.1. The second-order valence-corrected chi connectivity index (χ2v) is 10.3. The summed E-state index contributed by atoms with van der Waals surface area (Å²) < 4.78 is 5.35. The van der Waals surface area contributed by atoms with E-state index in [0.717, 1.165) is 49.0 Å². The van der Waals surface area contributed by atoms with Gasteiger partial charge in [-0.15, -0.1) is 0 Å². The van der Waals surface area contributed by atoms with Crippen LogP contribution in [0.15, 0.2) is 30.5 Å². The van der Waals surface area contributed by atoms with E-state index in [2.05, 4.69) is 15.5 Å². The zero-order valence-corrected chi connectivity index (χ0v) is 20.4. The van der Waals surface area contributed by atoms with Crippen LogP contribution in [-0.4, -0.2) is 58.4 Å². The number of nitrogens with zero attached hydrogens (tertiary/aromatic N) is 3. The number of benzene rings is 1. The topological polar surface area (TPSA) is 82.5 Å². The van der Waals surface area contributed by atoms with Crippen LogP contribution in [0.25, 0.3) is 0 Å². The fourth-order valence-electron chi connectivity index (χ4n) is 5.95. The molecule has 1 saturated heterocycles. The van der Waals surface area contributed by atoms with Gasteiger partial charge in [0.1, 0.15) is 11.6 Å². The first-order chi connectivity index (χ1) is 16.7. The van der Waals surface area contributed by atoms with Gasteiger partial charge in [0.15, 0.2) is 0 Å². The number of anilines is 3. The highest BCUT2D eigenvalue weighted by Gasteiger charge is 2.30. The van der Waals surface area contributed by atoms with Crippen molar-refractivity contribution in [1.82, 2.24) is 14.9 Å². The van der Waals surface area contributed by atoms with Gasteiger partial charge < -0.3 is 25.4 Å². The maximum absolute atomic E-state index is 9.94. The monoisotopic (exact) mass is 465 g/mol. The number of hydrogen-bond donors (Lipinski definition) is 3. The molecule has 3 aliphatic rings. The van der Waals surface area contributed by atoms with Gasteiger partial charge in [-0.05, 0) is 82.5 Å². The number of nitrogens with one attached hydrogen (secondary N) is 2. The van der Waals surface area contributed by atoms with Crippen LogP contribution in [0.4, 0.5) is 17.5 Å². The number of likely N-dealkylation sites (tertiary alicyclic amines) is 1. The summed E-state index contributed by atoms with van der Waals surface area (Å²) >= 11 is 0. The Morgan fingerprint density at radius 2 is 1.76 bits per heavy atom. The molecule has 7 heteroatoms. The molecule has 1 aromatic heterocycles. The van der Waals surface area contributed by atoms with Crippen molar-refractivity contribution in [3.63, 3.8) is 0 Å². The van der Waals surface area contributed by atoms with E-state index in [1.54, 1.807) is 7.11 Å². The molecule has 2 aliphatic carbocycles. The summed E-state index contributed by atoms with van der Waals surface area (Å²) in [5.74, 6) is 2.84. The van der Waals surface area contributed by atoms with E-state index in [9.17, 15) is 5.11 Å². The van der Waals surface area contributed by atoms with Crippen LogP contribution in [0, 0.1) is 0 Å². The van der Waals surface area contributed by atoms with Crippen LogP contribution in [0.2, 0.25) is 0 Å². The SMILES string of the molecule is COc1cccc(Nc2ncc(C3CCN(C4CCCC4)CC3)c(NC3CCC(O)CC3)n2)c1. The largest absolute Gasteiger partial charge is 0.497 e. The zero-order chi connectivity index (χ0) is 23.3. The molecule has 0 spiro atoms. The standard InChI is InChI=1S/C27H39N5O2/c1-34-24-8-4-5-21(17-24)30-27-28-18-25(26(31-27)29-20-9-11-23(33)12-10-20)19-13-15-32(16-14-19)22-6-2-3-7-22/h4-5,8,17-20,22-23,33H,2-3,6-7,9-16H2,1H3,(H2,28,29,30,31). The third kappa shape index (κ3) is 5.63. The van der Waals surface area contributed by atoms with Crippen molar-refractivity contribution in [2.75, 3.05) is 30.8 Å². The lowest BCUT2D eigenvalue weighted by Gasteiger charge is -2.36. The first-order valence-corrected chi connectivity index (χ1v) is 13.1. The molecule has 0 amide bonds. The maximum atomic E-state index is 9.94. The highest BCUT2D eigenvalue weighted by Crippen LogP contribution is 2.36. The Morgan fingerprint density at radius 3 is 2.50 bits per heavy atom. The summed E-state index contributed by atoms with van der Waals surface area (Å²) in [5, 5.41) is 17.0. The molecule has 1 aromatic carbocycles. The van der Waals surface area contributed by atoms with Crippen LogP contribution in [0.5, 0.6) is 5.75 Å². The molecular weight excluding hydrogens is 426 g/mol. The van der Waals surface area contributed by atoms with Crippen LogP contribution in [0.3, 0.4) is 0 Å². The highest BCUT2D eigenvalue weighted by molar-refractivity contribution is 5.58. The van der Waals surface area contributed by atoms with Crippen LogP contribution in [-0.2, 0) is 0 Å². The molecule has 3 fully saturated rings. The first kappa shape index (κ1) is 23.4. The summed E-state index contributed by atoms with van der Waals surface area (Å²) in [5.41, 5.74) is 2.15. The van der Waals surface area contributed by atoms with Crippen molar-refractivity contribution in [3.8, 4) is 5.75 Å². The average molecular weight is 466 g/mol. The number of rotatable bonds is 7. The van der Waals surface area contributed by atoms with Crippen molar-refractivity contribution < 1.29 is 9.84 Å². The van der Waals surface area contributed by atoms with Gasteiger partial charge in [-0.1, -0.05) is 18.9 Å². The van der Waals surface area contributed by atoms with Crippen molar-refractivity contribution >= 4 is 17.5 Å². The van der Waals surface area contributed by atoms with Crippen molar-refractivity contribution in [2.24, 2.45) is 0 Å². The molecule has 7 nitrogen and oxygen atoms in total. The lowest BCUT2D eigenvalue weighted by molar-refractivity contribution is 0.126. The third-order valence-electron chi connectivity index (χ3n) is 7.99. The van der Waals surface area contributed by atoms with Crippen LogP contribution < -0.4 is 15.4 Å². The minimum atomic E-state index is -0.159. The number of ether oxygens (including phenoxy) is 1. The van der Waals surface area contributed by atoms with Gasteiger partial charge in [-0.3, -0.25) is 0 Å². The van der Waals surface area contributed by atoms with E-state index in [-0.39, 0.29) is 6.10 Å². The van der Waals surface area contributed by atoms with Gasteiger partial charge in [0.25, 0.3) is 0 Å². The molecule has 2 heterocycles. The van der Waals surface area contributed by atoms with Crippen molar-refractivity contribution in [2.45, 2.75) is 88.3 Å². The Labute approximate surface area is 203 Å². The molecule has 2 aromatic rings. The summed E-state index contributed by atoms with van der Waals surface area (Å²) in [6.45, 7) is 2.35. The molecule has 0 atom stereocenters. The normalized spacial score (nSPS) is 24.8. The fourth-order valence-corrected chi connectivity index (χ4v) is 5.95. The average Bonchev–Trinajstić information content (AvgIpc) is 3.41. The van der Waals surface area contributed by atoms with E-state index in [0.29, 0.717) is 17.9 Å². The quantitative estimate of drug-likeness (QED) is 0.527. The molecule has 1 aliphatic heterocycles. The predicted molar refractivity (Wildman–Crippen MR) is 136 cm³/mol. The van der Waals surface area contributed by atoms with Crippen LogP contribution in [0.1, 0.15) is 75.7 Å². The summed E-state index contributed by atoms with van der Waals surface area (Å²) in [7, 11) is 1.67. The highest BCUT2D eigenvalue weighted by atomic mass is 16.5. The summed E-state index contributed by atoms with van der Waals surface area (Å²) in [4.78, 5) is 12.4. The Kier molecular flexibility index (Phi) is 7.50. The van der Waals surface area contributed by atoms with Gasteiger partial charge in [0, 0.05) is 35.6 Å². The van der Waals surface area contributed by atoms with Gasteiger partial charge >= 0.3 is 0 Å². The number of hydrogen-bond acceptors (Lipinski definition) is 7. The number of aromatic nitrogens is 2. The molecule has 0 bridgehead atoms. The molecule has 2 saturated carbocycles. The van der Waals surface area contributed by atoms with Gasteiger partial charge in [-0.25, -0.2) is 4.98 Å². The van der Waals surface area contributed by atoms with E-state index in [1.165, 1.54) is 57.2 Å². The van der Waals surface area contributed by atoms with Gasteiger partial charge in [0.05, 0.1) is 13.2 Å². The molecule has 0 unspecified atom stereocenters. The molecule has 184 valence electrons. The van der Waals surface area contributed by atoms with E-state index < -0.39 is 0 Å². The summed E-state index contributed by atoms with van der Waals surface area (Å²) in [6.07, 6.45) is 13.4. The second kappa shape index (κ2) is 10.9. The molecule has 3 N–H and O–H groups in total. The zero-order valence-electron chi connectivity index (χ0n) is 20.4. The van der Waals surface area contributed by atoms with E-state index in [1.807, 2.05) is 30.5 Å². The minimum absolute atomic E-state index is 0.159. The Balaban J connectivity index is 1.33. The van der Waals surface area contributed by atoms with E-state index >= 15 is 0 Å². The molecule has 34 heavy (non-hydrogen) atoms. The number of methoxy groups -OCH3 is 1. The molecule has 0 radical (unpaired) electrons. The van der Waals surface area contributed by atoms with Crippen LogP contribution >= 0.6 is 0 Å². The Bertz CT molecular complexity index is 932. The predicted octanol–water partition coefficient (Wildman–Crippen LogP) is 5.07. The Hall–Kier alpha value is -2.38. The Morgan fingerprint density at radius 1 is 1.00 bits per heavy atom. The number of aliphatic hydroxyl groups is 1. The lowest BCUT2D eigenvalue weighted by Crippen LogP contribution is -2.39. The van der Waals surface area contributed by atoms with Crippen molar-refractivity contribution in [1.29, 1.82) is 0 Å². The van der Waals surface area contributed by atoms with Crippen molar-refractivity contribution in [3.05, 3.63) is 36.0 Å². The van der Waals surface area contributed by atoms with Gasteiger partial charge in [0.2, 0.25) is 5.95 Å². The van der Waals surface area contributed by atoms with E-state index in [4.69, 9.17) is 14.7 Å². The fraction of sp³-hybridized carbons (Fsp3) is 0.630. The number of aliphatic hydroxyl groups excluding tert-OH is 1. The lowest BCUT2D eigenvalue weighted by atomic mass is 9.88. The summed E-state index contributed by atoms with van der Waals surface area (Å²) in [6, 6.07) is 8.98. The number of piperidine rings is 1. The smallest absolute Gasteiger partial charge is 0.229 e. The minimum Gasteiger partial charge on any atom is -0.497 e. The third-order valence-corrected chi connectivity index (χ3v) is 7.99. The second-order valence-electron chi connectivity index (χ2n) is 10.3. The van der Waals surface area contributed by atoms with Gasteiger partial charge in [-0.2, -0.15) is 4.98 Å². The molecule has 5 rings (SSSR count). The maximum Gasteiger partial charge on any atom is 0.229 e. The molecular formula is C27H39N5O2.